The third-order valence-electron chi connectivity index (χ3n) is 2.22. The van der Waals surface area contributed by atoms with Crippen LogP contribution in [0.25, 0.3) is 0 Å². The Labute approximate surface area is 89.3 Å². The number of carboxylic acids is 1. The normalized spacial score (nSPS) is 12.7. The first-order valence-corrected chi connectivity index (χ1v) is 5.19. The van der Waals surface area contributed by atoms with E-state index in [4.69, 9.17) is 9.52 Å². The summed E-state index contributed by atoms with van der Waals surface area (Å²) in [6, 6.07) is 3.59. The third-order valence-corrected chi connectivity index (χ3v) is 2.22. The number of aromatic carboxylic acids is 1. The number of carbonyl (C=O) groups is 1. The Hall–Kier alpha value is -1.29. The molecule has 1 aromatic rings. The Bertz CT molecular complexity index is 319. The van der Waals surface area contributed by atoms with Gasteiger partial charge in [-0.1, -0.05) is 13.3 Å². The van der Waals surface area contributed by atoms with Crippen molar-refractivity contribution in [3.8, 4) is 0 Å². The molecular formula is C11H17NO3. The summed E-state index contributed by atoms with van der Waals surface area (Å²) in [5, 5.41) is 11.9. The van der Waals surface area contributed by atoms with Crippen LogP contribution in [0.2, 0.25) is 0 Å². The molecule has 0 aliphatic heterocycles. The topological polar surface area (TPSA) is 62.5 Å². The number of furan rings is 1. The summed E-state index contributed by atoms with van der Waals surface area (Å²) in [4.78, 5) is 10.5. The Kier molecular flexibility index (Phi) is 4.37. The Morgan fingerprint density at radius 1 is 1.60 bits per heavy atom. The Morgan fingerprint density at radius 2 is 2.33 bits per heavy atom. The van der Waals surface area contributed by atoms with Crippen molar-refractivity contribution in [2.75, 3.05) is 0 Å². The number of hydrogen-bond donors (Lipinski definition) is 2. The van der Waals surface area contributed by atoms with Gasteiger partial charge < -0.3 is 14.8 Å². The molecule has 0 radical (unpaired) electrons. The molecule has 0 saturated carbocycles. The Balaban J connectivity index is 2.40. The highest BCUT2D eigenvalue weighted by molar-refractivity contribution is 5.84. The van der Waals surface area contributed by atoms with Gasteiger partial charge in [-0.2, -0.15) is 0 Å². The second-order valence-electron chi connectivity index (χ2n) is 3.64. The summed E-state index contributed by atoms with van der Waals surface area (Å²) >= 11 is 0. The van der Waals surface area contributed by atoms with Crippen LogP contribution in [0.4, 0.5) is 0 Å². The van der Waals surface area contributed by atoms with E-state index in [1.54, 1.807) is 6.07 Å². The molecule has 1 unspecified atom stereocenters. The highest BCUT2D eigenvalue weighted by atomic mass is 16.4. The second kappa shape index (κ2) is 5.56. The zero-order valence-corrected chi connectivity index (χ0v) is 9.12. The molecule has 15 heavy (non-hydrogen) atoms. The first-order valence-electron chi connectivity index (χ1n) is 5.19. The Morgan fingerprint density at radius 3 is 2.87 bits per heavy atom. The SMILES string of the molecule is CCCC(C)NCc1ccc(C(=O)O)o1. The van der Waals surface area contributed by atoms with Crippen molar-refractivity contribution in [3.63, 3.8) is 0 Å². The molecule has 1 aromatic heterocycles. The molecule has 84 valence electrons. The number of carboxylic acid groups (broad SMARTS) is 1. The van der Waals surface area contributed by atoms with E-state index in [1.165, 1.54) is 6.07 Å². The number of hydrogen-bond acceptors (Lipinski definition) is 3. The van der Waals surface area contributed by atoms with Gasteiger partial charge in [0.2, 0.25) is 5.76 Å². The van der Waals surface area contributed by atoms with Crippen LogP contribution in [0.1, 0.15) is 43.0 Å². The van der Waals surface area contributed by atoms with Crippen LogP contribution in [0.3, 0.4) is 0 Å². The molecule has 0 spiro atoms. The van der Waals surface area contributed by atoms with Crippen LogP contribution in [-0.4, -0.2) is 17.1 Å². The van der Waals surface area contributed by atoms with Gasteiger partial charge in [-0.15, -0.1) is 0 Å². The van der Waals surface area contributed by atoms with E-state index in [0.717, 1.165) is 12.8 Å². The predicted octanol–water partition coefficient (Wildman–Crippen LogP) is 2.26. The average molecular weight is 211 g/mol. The van der Waals surface area contributed by atoms with Crippen molar-refractivity contribution in [2.24, 2.45) is 0 Å². The number of rotatable bonds is 6. The summed E-state index contributed by atoms with van der Waals surface area (Å²) in [5.41, 5.74) is 0. The van der Waals surface area contributed by atoms with Crippen LogP contribution in [-0.2, 0) is 6.54 Å². The molecule has 2 N–H and O–H groups in total. The average Bonchev–Trinajstić information content (AvgIpc) is 2.63. The summed E-state index contributed by atoms with van der Waals surface area (Å²) in [6.07, 6.45) is 2.24. The highest BCUT2D eigenvalue weighted by Crippen LogP contribution is 2.08. The molecule has 0 aliphatic carbocycles. The quantitative estimate of drug-likeness (QED) is 0.757. The summed E-state index contributed by atoms with van der Waals surface area (Å²) in [7, 11) is 0. The fraction of sp³-hybridized carbons (Fsp3) is 0.545. The predicted molar refractivity (Wildman–Crippen MR) is 56.9 cm³/mol. The van der Waals surface area contributed by atoms with E-state index in [2.05, 4.69) is 19.2 Å². The van der Waals surface area contributed by atoms with Gasteiger partial charge in [-0.05, 0) is 25.5 Å². The van der Waals surface area contributed by atoms with Crippen molar-refractivity contribution >= 4 is 5.97 Å². The molecule has 1 atom stereocenters. The van der Waals surface area contributed by atoms with Crippen LogP contribution in [0.15, 0.2) is 16.5 Å². The smallest absolute Gasteiger partial charge is 0.371 e. The lowest BCUT2D eigenvalue weighted by atomic mass is 10.2. The zero-order chi connectivity index (χ0) is 11.3. The molecule has 0 aromatic carbocycles. The van der Waals surface area contributed by atoms with E-state index >= 15 is 0 Å². The summed E-state index contributed by atoms with van der Waals surface area (Å²) in [6.45, 7) is 4.81. The lowest BCUT2D eigenvalue weighted by Crippen LogP contribution is -2.24. The summed E-state index contributed by atoms with van der Waals surface area (Å²) < 4.78 is 5.11. The minimum absolute atomic E-state index is 0.00468. The van der Waals surface area contributed by atoms with E-state index < -0.39 is 5.97 Å². The molecule has 4 heteroatoms. The van der Waals surface area contributed by atoms with Crippen molar-refractivity contribution < 1.29 is 14.3 Å². The van der Waals surface area contributed by atoms with E-state index in [-0.39, 0.29) is 5.76 Å². The lowest BCUT2D eigenvalue weighted by Gasteiger charge is -2.10. The summed E-state index contributed by atoms with van der Waals surface area (Å²) in [5.74, 6) is -0.367. The van der Waals surface area contributed by atoms with Crippen LogP contribution in [0, 0.1) is 0 Å². The van der Waals surface area contributed by atoms with E-state index in [9.17, 15) is 4.79 Å². The minimum Gasteiger partial charge on any atom is -0.475 e. The monoisotopic (exact) mass is 211 g/mol. The van der Waals surface area contributed by atoms with Gasteiger partial charge in [0.25, 0.3) is 0 Å². The first-order chi connectivity index (χ1) is 7.13. The molecular weight excluding hydrogens is 194 g/mol. The second-order valence-corrected chi connectivity index (χ2v) is 3.64. The van der Waals surface area contributed by atoms with Gasteiger partial charge in [0.05, 0.1) is 6.54 Å². The van der Waals surface area contributed by atoms with Crippen LogP contribution >= 0.6 is 0 Å². The maximum Gasteiger partial charge on any atom is 0.371 e. The first kappa shape index (κ1) is 11.8. The molecule has 1 heterocycles. The van der Waals surface area contributed by atoms with Crippen molar-refractivity contribution in [3.05, 3.63) is 23.7 Å². The molecule has 0 aliphatic rings. The van der Waals surface area contributed by atoms with Gasteiger partial charge >= 0.3 is 5.97 Å². The maximum absolute atomic E-state index is 10.5. The molecule has 0 bridgehead atoms. The van der Waals surface area contributed by atoms with Crippen molar-refractivity contribution in [2.45, 2.75) is 39.3 Å². The molecule has 0 saturated heterocycles. The number of nitrogens with one attached hydrogen (secondary N) is 1. The zero-order valence-electron chi connectivity index (χ0n) is 9.12. The lowest BCUT2D eigenvalue weighted by molar-refractivity contribution is 0.0660. The largest absolute Gasteiger partial charge is 0.475 e. The highest BCUT2D eigenvalue weighted by Gasteiger charge is 2.09. The van der Waals surface area contributed by atoms with Gasteiger partial charge in [0.1, 0.15) is 5.76 Å². The molecule has 1 rings (SSSR count). The van der Waals surface area contributed by atoms with Gasteiger partial charge in [-0.3, -0.25) is 0 Å². The molecule has 0 amide bonds. The van der Waals surface area contributed by atoms with Gasteiger partial charge in [0.15, 0.2) is 0 Å². The van der Waals surface area contributed by atoms with E-state index in [0.29, 0.717) is 18.3 Å². The van der Waals surface area contributed by atoms with Crippen LogP contribution in [0.5, 0.6) is 0 Å². The molecule has 4 nitrogen and oxygen atoms in total. The van der Waals surface area contributed by atoms with Gasteiger partial charge in [0, 0.05) is 6.04 Å². The van der Waals surface area contributed by atoms with Crippen molar-refractivity contribution in [1.82, 2.24) is 5.32 Å². The third kappa shape index (κ3) is 3.75. The van der Waals surface area contributed by atoms with Crippen LogP contribution < -0.4 is 5.32 Å². The van der Waals surface area contributed by atoms with Crippen molar-refractivity contribution in [1.29, 1.82) is 0 Å². The van der Waals surface area contributed by atoms with Gasteiger partial charge in [-0.25, -0.2) is 4.79 Å². The fourth-order valence-electron chi connectivity index (χ4n) is 1.40. The van der Waals surface area contributed by atoms with E-state index in [1.807, 2.05) is 0 Å². The molecule has 0 fully saturated rings. The maximum atomic E-state index is 10.5. The minimum atomic E-state index is -1.03. The fourth-order valence-corrected chi connectivity index (χ4v) is 1.40. The standard InChI is InChI=1S/C11H17NO3/c1-3-4-8(2)12-7-9-5-6-10(15-9)11(13)14/h5-6,8,12H,3-4,7H2,1-2H3,(H,13,14).